The minimum atomic E-state index is -2.97. The van der Waals surface area contributed by atoms with Crippen molar-refractivity contribution >= 4 is 23.1 Å². The summed E-state index contributed by atoms with van der Waals surface area (Å²) in [7, 11) is 1.36. The largest absolute Gasteiger partial charge is 0.493 e. The predicted molar refractivity (Wildman–Crippen MR) is 103 cm³/mol. The second kappa shape index (κ2) is 8.47. The molecular weight excluding hydrogens is 370 g/mol. The Morgan fingerprint density at radius 3 is 2.75 bits per heavy atom. The average Bonchev–Trinajstić information content (AvgIpc) is 2.68. The van der Waals surface area contributed by atoms with E-state index in [1.54, 1.807) is 30.3 Å². The van der Waals surface area contributed by atoms with Gasteiger partial charge in [-0.3, -0.25) is 9.36 Å². The van der Waals surface area contributed by atoms with E-state index in [1.165, 1.54) is 30.0 Å². The Bertz CT molecular complexity index is 1070. The summed E-state index contributed by atoms with van der Waals surface area (Å²) in [5.74, 6) is 0.359. The van der Waals surface area contributed by atoms with Crippen molar-refractivity contribution in [3.05, 3.63) is 58.4 Å². The van der Waals surface area contributed by atoms with Crippen LogP contribution in [0.15, 0.2) is 52.4 Å². The maximum Gasteiger partial charge on any atom is 0.387 e. The quantitative estimate of drug-likeness (QED) is 0.495. The van der Waals surface area contributed by atoms with Gasteiger partial charge in [-0.1, -0.05) is 12.1 Å². The molecule has 0 aliphatic carbocycles. The molecule has 28 heavy (non-hydrogen) atoms. The lowest BCUT2D eigenvalue weighted by Crippen LogP contribution is -2.23. The Morgan fingerprint density at radius 2 is 2.04 bits per heavy atom. The number of ether oxygens (including phenoxy) is 2. The second-order valence-corrected chi connectivity index (χ2v) is 5.66. The van der Waals surface area contributed by atoms with Crippen molar-refractivity contribution in [1.29, 1.82) is 0 Å². The number of nitrogens with zero attached hydrogens (tertiary/aromatic N) is 3. The standard InChI is InChI=1S/C19H18F2N4O3/c1-3-25-17(26)13-6-4-5-7-14(13)23-19(25)24-22-11-12-8-9-15(27-2)16(10-12)28-18(20)21/h4-11,18H,3H2,1-2H3,(H,23,24)/b22-11-. The van der Waals surface area contributed by atoms with E-state index in [-0.39, 0.29) is 23.0 Å². The molecular formula is C19H18F2N4O3. The summed E-state index contributed by atoms with van der Waals surface area (Å²) >= 11 is 0. The Balaban J connectivity index is 1.88. The number of para-hydroxylation sites is 1. The number of hydrazone groups is 1. The summed E-state index contributed by atoms with van der Waals surface area (Å²) in [6.07, 6.45) is 1.40. The van der Waals surface area contributed by atoms with Crippen molar-refractivity contribution in [3.8, 4) is 11.5 Å². The van der Waals surface area contributed by atoms with Crippen LogP contribution in [0.5, 0.6) is 11.5 Å². The number of nitrogens with one attached hydrogen (secondary N) is 1. The normalized spacial score (nSPS) is 11.3. The molecule has 3 rings (SSSR count). The molecule has 2 aromatic carbocycles. The van der Waals surface area contributed by atoms with Crippen LogP contribution in [-0.4, -0.2) is 29.5 Å². The van der Waals surface area contributed by atoms with Gasteiger partial charge in [-0.05, 0) is 42.8 Å². The molecule has 0 aliphatic heterocycles. The van der Waals surface area contributed by atoms with Gasteiger partial charge in [0.15, 0.2) is 11.5 Å². The number of rotatable bonds is 7. The second-order valence-electron chi connectivity index (χ2n) is 5.66. The summed E-state index contributed by atoms with van der Waals surface area (Å²) in [6.45, 7) is -0.742. The van der Waals surface area contributed by atoms with Crippen molar-refractivity contribution in [2.24, 2.45) is 5.10 Å². The van der Waals surface area contributed by atoms with Gasteiger partial charge in [0.25, 0.3) is 5.56 Å². The number of methoxy groups -OCH3 is 1. The molecule has 9 heteroatoms. The number of fused-ring (bicyclic) bond motifs is 1. The Kier molecular flexibility index (Phi) is 5.83. The van der Waals surface area contributed by atoms with Crippen molar-refractivity contribution in [2.45, 2.75) is 20.1 Å². The highest BCUT2D eigenvalue weighted by Crippen LogP contribution is 2.29. The van der Waals surface area contributed by atoms with Gasteiger partial charge >= 0.3 is 6.61 Å². The van der Waals surface area contributed by atoms with Crippen LogP contribution < -0.4 is 20.5 Å². The molecule has 0 saturated carbocycles. The molecule has 0 radical (unpaired) electrons. The molecule has 0 bridgehead atoms. The number of alkyl halides is 2. The summed E-state index contributed by atoms with van der Waals surface area (Å²) in [5, 5.41) is 4.58. The van der Waals surface area contributed by atoms with Crippen LogP contribution >= 0.6 is 0 Å². The first-order chi connectivity index (χ1) is 13.5. The zero-order valence-electron chi connectivity index (χ0n) is 15.2. The molecule has 1 heterocycles. The van der Waals surface area contributed by atoms with Crippen LogP contribution in [0.3, 0.4) is 0 Å². The molecule has 0 aliphatic rings. The minimum Gasteiger partial charge on any atom is -0.493 e. The van der Waals surface area contributed by atoms with E-state index < -0.39 is 6.61 Å². The number of benzene rings is 2. The first-order valence-corrected chi connectivity index (χ1v) is 8.45. The van der Waals surface area contributed by atoms with Crippen molar-refractivity contribution in [2.75, 3.05) is 12.5 Å². The highest BCUT2D eigenvalue weighted by molar-refractivity contribution is 5.82. The highest BCUT2D eigenvalue weighted by Gasteiger charge is 2.11. The van der Waals surface area contributed by atoms with Gasteiger partial charge < -0.3 is 9.47 Å². The van der Waals surface area contributed by atoms with Crippen molar-refractivity contribution < 1.29 is 18.3 Å². The third-order valence-electron chi connectivity index (χ3n) is 3.96. The number of aromatic nitrogens is 2. The van der Waals surface area contributed by atoms with Gasteiger partial charge in [0.1, 0.15) is 0 Å². The van der Waals surface area contributed by atoms with Crippen molar-refractivity contribution in [3.63, 3.8) is 0 Å². The van der Waals surface area contributed by atoms with Crippen LogP contribution in [0, 0.1) is 0 Å². The van der Waals surface area contributed by atoms with E-state index in [0.29, 0.717) is 23.0 Å². The maximum absolute atomic E-state index is 12.6. The third kappa shape index (κ3) is 4.08. The topological polar surface area (TPSA) is 77.7 Å². The SMILES string of the molecule is CCn1c(N/N=C\c2ccc(OC)c(OC(F)F)c2)nc2ccccc2c1=O. The number of halogens is 2. The van der Waals surface area contributed by atoms with E-state index in [0.717, 1.165) is 0 Å². The average molecular weight is 388 g/mol. The molecule has 1 N–H and O–H groups in total. The van der Waals surface area contributed by atoms with Gasteiger partial charge in [0, 0.05) is 6.54 Å². The van der Waals surface area contributed by atoms with Crippen LogP contribution in [-0.2, 0) is 6.54 Å². The summed E-state index contributed by atoms with van der Waals surface area (Å²) in [5.41, 5.74) is 3.60. The van der Waals surface area contributed by atoms with E-state index in [2.05, 4.69) is 20.2 Å². The van der Waals surface area contributed by atoms with Gasteiger partial charge in [0.2, 0.25) is 5.95 Å². The molecule has 7 nitrogen and oxygen atoms in total. The van der Waals surface area contributed by atoms with Crippen LogP contribution in [0.4, 0.5) is 14.7 Å². The van der Waals surface area contributed by atoms with Crippen LogP contribution in [0.1, 0.15) is 12.5 Å². The third-order valence-corrected chi connectivity index (χ3v) is 3.96. The number of hydrogen-bond donors (Lipinski definition) is 1. The predicted octanol–water partition coefficient (Wildman–Crippen LogP) is 3.47. The van der Waals surface area contributed by atoms with Gasteiger partial charge in [0.05, 0.1) is 24.2 Å². The number of hydrogen-bond acceptors (Lipinski definition) is 6. The van der Waals surface area contributed by atoms with Crippen LogP contribution in [0.2, 0.25) is 0 Å². The molecule has 1 aromatic heterocycles. The zero-order chi connectivity index (χ0) is 20.1. The Hall–Kier alpha value is -3.49. The molecule has 0 unspecified atom stereocenters. The summed E-state index contributed by atoms with van der Waals surface area (Å²) < 4.78 is 35.9. The Morgan fingerprint density at radius 1 is 1.25 bits per heavy atom. The lowest BCUT2D eigenvalue weighted by Gasteiger charge is -2.11. The van der Waals surface area contributed by atoms with Gasteiger partial charge in [-0.2, -0.15) is 13.9 Å². The van der Waals surface area contributed by atoms with Crippen LogP contribution in [0.25, 0.3) is 10.9 Å². The fourth-order valence-corrected chi connectivity index (χ4v) is 2.67. The molecule has 0 spiro atoms. The molecule has 0 saturated heterocycles. The van der Waals surface area contributed by atoms with E-state index in [9.17, 15) is 13.6 Å². The smallest absolute Gasteiger partial charge is 0.387 e. The molecule has 0 atom stereocenters. The Labute approximate surface area is 159 Å². The van der Waals surface area contributed by atoms with Crippen molar-refractivity contribution in [1.82, 2.24) is 9.55 Å². The highest BCUT2D eigenvalue weighted by atomic mass is 19.3. The van der Waals surface area contributed by atoms with E-state index >= 15 is 0 Å². The molecule has 0 fully saturated rings. The first-order valence-electron chi connectivity index (χ1n) is 8.45. The molecule has 146 valence electrons. The lowest BCUT2D eigenvalue weighted by atomic mass is 10.2. The molecule has 3 aromatic rings. The van der Waals surface area contributed by atoms with Gasteiger partial charge in [-0.25, -0.2) is 10.4 Å². The zero-order valence-corrected chi connectivity index (χ0v) is 15.2. The first kappa shape index (κ1) is 19.3. The van der Waals surface area contributed by atoms with Gasteiger partial charge in [-0.15, -0.1) is 0 Å². The fraction of sp³-hybridized carbons (Fsp3) is 0.211. The summed E-state index contributed by atoms with van der Waals surface area (Å²) in [6, 6.07) is 11.5. The van der Waals surface area contributed by atoms with E-state index in [1.807, 2.05) is 6.92 Å². The molecule has 0 amide bonds. The lowest BCUT2D eigenvalue weighted by molar-refractivity contribution is -0.0512. The monoisotopic (exact) mass is 388 g/mol. The minimum absolute atomic E-state index is 0.101. The maximum atomic E-state index is 12.6. The number of anilines is 1. The summed E-state index contributed by atoms with van der Waals surface area (Å²) in [4.78, 5) is 17.0. The fourth-order valence-electron chi connectivity index (χ4n) is 2.67. The van der Waals surface area contributed by atoms with E-state index in [4.69, 9.17) is 4.74 Å².